The maximum Gasteiger partial charge on any atom is 0.434 e. The molecule has 0 amide bonds. The number of hydrogen-bond acceptors (Lipinski definition) is 6. The largest absolute Gasteiger partial charge is 0.434 e. The van der Waals surface area contributed by atoms with Crippen molar-refractivity contribution in [3.8, 4) is 0 Å². The number of fused-ring (bicyclic) bond motifs is 1. The van der Waals surface area contributed by atoms with E-state index in [2.05, 4.69) is 39.3 Å². The molecule has 1 aromatic carbocycles. The van der Waals surface area contributed by atoms with Crippen molar-refractivity contribution in [2.75, 3.05) is 23.3 Å². The molecule has 1 aliphatic carbocycles. The summed E-state index contributed by atoms with van der Waals surface area (Å²) in [5.74, 6) is -0.181. The van der Waals surface area contributed by atoms with Gasteiger partial charge in [-0.2, -0.15) is 18.2 Å². The number of nitrogens with zero attached hydrogens (tertiary/aromatic N) is 4. The van der Waals surface area contributed by atoms with Crippen molar-refractivity contribution in [2.45, 2.75) is 63.8 Å². The van der Waals surface area contributed by atoms with Gasteiger partial charge in [0.05, 0.1) is 0 Å². The summed E-state index contributed by atoms with van der Waals surface area (Å²) < 4.78 is 43.3. The van der Waals surface area contributed by atoms with Crippen LogP contribution >= 0.6 is 0 Å². The lowest BCUT2D eigenvalue weighted by Gasteiger charge is -2.37. The van der Waals surface area contributed by atoms with E-state index in [1.807, 2.05) is 24.3 Å². The third-order valence-electron chi connectivity index (χ3n) is 6.79. The number of hydrogen-bond donors (Lipinski definition) is 2. The Bertz CT molecular complexity index is 1260. The first-order valence-corrected chi connectivity index (χ1v) is 12.1. The average Bonchev–Trinajstić information content (AvgIpc) is 3.32. The van der Waals surface area contributed by atoms with Crippen LogP contribution in [0, 0.1) is 0 Å². The van der Waals surface area contributed by atoms with Crippen molar-refractivity contribution in [1.29, 1.82) is 0 Å². The van der Waals surface area contributed by atoms with E-state index in [1.54, 1.807) is 0 Å². The third-order valence-corrected chi connectivity index (χ3v) is 6.79. The molecule has 0 radical (unpaired) electrons. The van der Waals surface area contributed by atoms with Crippen molar-refractivity contribution in [1.82, 2.24) is 19.9 Å². The monoisotopic (exact) mass is 486 g/mol. The van der Waals surface area contributed by atoms with Crippen molar-refractivity contribution >= 4 is 28.4 Å². The summed E-state index contributed by atoms with van der Waals surface area (Å²) >= 11 is 0. The first-order chi connectivity index (χ1) is 16.7. The Hall–Kier alpha value is -3.14. The van der Waals surface area contributed by atoms with E-state index >= 15 is 0 Å². The minimum absolute atomic E-state index is 0.0228. The molecule has 2 aliphatic rings. The topological polar surface area (TPSA) is 75.1 Å². The molecule has 3 heterocycles. The number of piperazine rings is 1. The summed E-state index contributed by atoms with van der Waals surface area (Å²) in [6.07, 6.45) is -1.32. The van der Waals surface area contributed by atoms with Crippen LogP contribution in [0.4, 0.5) is 30.5 Å². The van der Waals surface area contributed by atoms with Crippen LogP contribution in [0.1, 0.15) is 51.3 Å². The molecule has 2 aromatic heterocycles. The maximum absolute atomic E-state index is 14.0. The number of halogens is 3. The van der Waals surface area contributed by atoms with Gasteiger partial charge in [-0.05, 0) is 57.0 Å². The number of nitrogens with one attached hydrogen (secondary N) is 2. The zero-order chi connectivity index (χ0) is 24.7. The first kappa shape index (κ1) is 23.6. The van der Waals surface area contributed by atoms with Crippen LogP contribution in [0.5, 0.6) is 0 Å². The molecule has 1 aliphatic heterocycles. The van der Waals surface area contributed by atoms with Crippen LogP contribution in [0.3, 0.4) is 0 Å². The summed E-state index contributed by atoms with van der Waals surface area (Å²) in [5.41, 5.74) is 0.252. The summed E-state index contributed by atoms with van der Waals surface area (Å²) in [6, 6.07) is 10.4. The molecule has 0 spiro atoms. The molecule has 1 saturated heterocycles. The standard InChI is InChI=1S/C25H29F3N6O/c1-15-13-33(14-16(2)29-15)18-9-7-17(8-10-18)30-24-31-22(25(26,27)28)20-11-12-21(35)34(23(20)32-24)19-5-3-4-6-19/h7-12,15-16,19,29H,3-6,13-14H2,1-2H3,(H,30,31,32). The Morgan fingerprint density at radius 1 is 0.971 bits per heavy atom. The Morgan fingerprint density at radius 3 is 2.26 bits per heavy atom. The van der Waals surface area contributed by atoms with Crippen LogP contribution in [0.15, 0.2) is 41.2 Å². The van der Waals surface area contributed by atoms with E-state index in [9.17, 15) is 18.0 Å². The van der Waals surface area contributed by atoms with Gasteiger partial charge in [-0.15, -0.1) is 0 Å². The highest BCUT2D eigenvalue weighted by atomic mass is 19.4. The van der Waals surface area contributed by atoms with Gasteiger partial charge in [0.2, 0.25) is 5.95 Å². The molecule has 2 fully saturated rings. The second-order valence-electron chi connectivity index (χ2n) is 9.66. The fourth-order valence-electron chi connectivity index (χ4n) is 5.34. The van der Waals surface area contributed by atoms with Gasteiger partial charge < -0.3 is 15.5 Å². The van der Waals surface area contributed by atoms with Gasteiger partial charge in [-0.25, -0.2) is 4.98 Å². The maximum atomic E-state index is 14.0. The normalized spacial score (nSPS) is 21.6. The molecule has 7 nitrogen and oxygen atoms in total. The number of anilines is 3. The summed E-state index contributed by atoms with van der Waals surface area (Å²) in [4.78, 5) is 23.2. The molecule has 3 aromatic rings. The van der Waals surface area contributed by atoms with Crippen LogP contribution in [-0.4, -0.2) is 39.7 Å². The van der Waals surface area contributed by atoms with E-state index in [0.717, 1.165) is 44.5 Å². The fourth-order valence-corrected chi connectivity index (χ4v) is 5.34. The molecule has 2 unspecified atom stereocenters. The average molecular weight is 487 g/mol. The van der Waals surface area contributed by atoms with E-state index < -0.39 is 11.9 Å². The zero-order valence-electron chi connectivity index (χ0n) is 19.8. The number of alkyl halides is 3. The number of aromatic nitrogens is 3. The second kappa shape index (κ2) is 9.14. The van der Waals surface area contributed by atoms with Crippen molar-refractivity contribution in [3.05, 3.63) is 52.4 Å². The minimum atomic E-state index is -4.69. The van der Waals surface area contributed by atoms with Gasteiger partial charge >= 0.3 is 6.18 Å². The Balaban J connectivity index is 1.50. The zero-order valence-corrected chi connectivity index (χ0v) is 19.8. The van der Waals surface area contributed by atoms with Gasteiger partial charge in [0.1, 0.15) is 5.65 Å². The van der Waals surface area contributed by atoms with Crippen LogP contribution < -0.4 is 21.1 Å². The lowest BCUT2D eigenvalue weighted by atomic mass is 10.1. The van der Waals surface area contributed by atoms with Crippen LogP contribution in [-0.2, 0) is 6.18 Å². The molecule has 1 saturated carbocycles. The molecule has 5 rings (SSSR count). The van der Waals surface area contributed by atoms with Gasteiger partial charge in [-0.1, -0.05) is 12.8 Å². The molecule has 186 valence electrons. The van der Waals surface area contributed by atoms with Gasteiger partial charge in [0.25, 0.3) is 5.56 Å². The fraction of sp³-hybridized carbons (Fsp3) is 0.480. The van der Waals surface area contributed by atoms with E-state index in [4.69, 9.17) is 0 Å². The highest BCUT2D eigenvalue weighted by molar-refractivity contribution is 5.80. The molecule has 2 atom stereocenters. The van der Waals surface area contributed by atoms with Crippen molar-refractivity contribution in [2.24, 2.45) is 0 Å². The minimum Gasteiger partial charge on any atom is -0.368 e. The van der Waals surface area contributed by atoms with E-state index in [1.165, 1.54) is 16.7 Å². The summed E-state index contributed by atoms with van der Waals surface area (Å²) in [6.45, 7) is 6.02. The molecular formula is C25H29F3N6O. The quantitative estimate of drug-likeness (QED) is 0.549. The van der Waals surface area contributed by atoms with Crippen molar-refractivity contribution < 1.29 is 13.2 Å². The summed E-state index contributed by atoms with van der Waals surface area (Å²) in [5, 5.41) is 6.26. The second-order valence-corrected chi connectivity index (χ2v) is 9.66. The highest BCUT2D eigenvalue weighted by Gasteiger charge is 2.37. The Kier molecular flexibility index (Phi) is 6.16. The van der Waals surface area contributed by atoms with E-state index in [0.29, 0.717) is 17.8 Å². The van der Waals surface area contributed by atoms with Crippen LogP contribution in [0.2, 0.25) is 0 Å². The van der Waals surface area contributed by atoms with Gasteiger partial charge in [-0.3, -0.25) is 9.36 Å². The first-order valence-electron chi connectivity index (χ1n) is 12.1. The molecule has 10 heteroatoms. The third kappa shape index (κ3) is 4.84. The van der Waals surface area contributed by atoms with Gasteiger partial charge in [0.15, 0.2) is 5.69 Å². The highest BCUT2D eigenvalue weighted by Crippen LogP contribution is 2.36. The molecule has 35 heavy (non-hydrogen) atoms. The molecular weight excluding hydrogens is 457 g/mol. The molecule has 0 bridgehead atoms. The smallest absolute Gasteiger partial charge is 0.368 e. The lowest BCUT2D eigenvalue weighted by Crippen LogP contribution is -2.54. The van der Waals surface area contributed by atoms with Crippen molar-refractivity contribution in [3.63, 3.8) is 0 Å². The summed E-state index contributed by atoms with van der Waals surface area (Å²) in [7, 11) is 0. The SMILES string of the molecule is CC1CN(c2ccc(Nc3nc(C(F)(F)F)c4ccc(=O)n(C5CCCC5)c4n3)cc2)CC(C)N1. The lowest BCUT2D eigenvalue weighted by molar-refractivity contribution is -0.139. The predicted octanol–water partition coefficient (Wildman–Crippen LogP) is 4.86. The Morgan fingerprint density at radius 2 is 1.63 bits per heavy atom. The number of pyridine rings is 1. The molecule has 2 N–H and O–H groups in total. The number of benzene rings is 1. The predicted molar refractivity (Wildman–Crippen MR) is 130 cm³/mol. The van der Waals surface area contributed by atoms with Crippen LogP contribution in [0.25, 0.3) is 11.0 Å². The van der Waals surface area contributed by atoms with E-state index in [-0.39, 0.29) is 28.6 Å². The van der Waals surface area contributed by atoms with Gasteiger partial charge in [0, 0.05) is 54.0 Å². The number of rotatable bonds is 4. The Labute approximate surface area is 201 Å².